The molecule has 1 aromatic rings. The monoisotopic (exact) mass is 294 g/mol. The van der Waals surface area contributed by atoms with Gasteiger partial charge in [0.1, 0.15) is 0 Å². The molecule has 1 aliphatic rings. The Bertz CT molecular complexity index is 410. The molecule has 0 saturated carbocycles. The van der Waals surface area contributed by atoms with Gasteiger partial charge in [0, 0.05) is 17.1 Å². The topological polar surface area (TPSA) is 29.3 Å². The number of rotatable bonds is 5. The quantitative estimate of drug-likeness (QED) is 0.897. The Balaban J connectivity index is 2.03. The van der Waals surface area contributed by atoms with E-state index in [1.54, 1.807) is 0 Å². The van der Waals surface area contributed by atoms with Crippen molar-refractivity contribution in [3.63, 3.8) is 0 Å². The predicted octanol–water partition coefficient (Wildman–Crippen LogP) is 3.72. The second-order valence-electron chi connectivity index (χ2n) is 6.34. The fraction of sp³-hybridized carbons (Fsp3) is 0.647. The van der Waals surface area contributed by atoms with Crippen LogP contribution in [0, 0.1) is 5.92 Å². The molecular formula is C17H27ClN2. The van der Waals surface area contributed by atoms with Crippen molar-refractivity contribution in [1.82, 2.24) is 4.90 Å². The summed E-state index contributed by atoms with van der Waals surface area (Å²) in [5, 5.41) is 0.798. The van der Waals surface area contributed by atoms with E-state index in [9.17, 15) is 0 Å². The number of piperidine rings is 1. The first-order chi connectivity index (χ1) is 9.57. The lowest BCUT2D eigenvalue weighted by Gasteiger charge is -2.44. The van der Waals surface area contributed by atoms with Crippen molar-refractivity contribution < 1.29 is 0 Å². The Kier molecular flexibility index (Phi) is 5.48. The standard InChI is InChI=1S/C17H27ClN2/c1-3-14-8-10-20(11-9-14)17(2,13-19)12-15-4-6-16(18)7-5-15/h4-7,14H,3,8-13,19H2,1-2H3. The third-order valence-electron chi connectivity index (χ3n) is 4.89. The number of likely N-dealkylation sites (tertiary alicyclic amines) is 1. The molecule has 2 rings (SSSR count). The molecule has 0 amide bonds. The van der Waals surface area contributed by atoms with Gasteiger partial charge in [0.15, 0.2) is 0 Å². The van der Waals surface area contributed by atoms with Gasteiger partial charge in [-0.2, -0.15) is 0 Å². The van der Waals surface area contributed by atoms with Crippen LogP contribution in [0.15, 0.2) is 24.3 Å². The van der Waals surface area contributed by atoms with Crippen molar-refractivity contribution >= 4 is 11.6 Å². The lowest BCUT2D eigenvalue weighted by Crippen LogP contribution is -2.55. The second-order valence-corrected chi connectivity index (χ2v) is 6.78. The zero-order valence-electron chi connectivity index (χ0n) is 12.7. The maximum atomic E-state index is 6.12. The fourth-order valence-corrected chi connectivity index (χ4v) is 3.36. The van der Waals surface area contributed by atoms with Gasteiger partial charge in [0.05, 0.1) is 0 Å². The summed E-state index contributed by atoms with van der Waals surface area (Å²) in [4.78, 5) is 2.59. The van der Waals surface area contributed by atoms with E-state index in [1.165, 1.54) is 37.9 Å². The molecule has 1 atom stereocenters. The fourth-order valence-electron chi connectivity index (χ4n) is 3.24. The Labute approximate surface area is 128 Å². The highest BCUT2D eigenvalue weighted by Gasteiger charge is 2.33. The highest BCUT2D eigenvalue weighted by atomic mass is 35.5. The van der Waals surface area contributed by atoms with E-state index in [2.05, 4.69) is 30.9 Å². The molecule has 2 N–H and O–H groups in total. The average molecular weight is 295 g/mol. The Morgan fingerprint density at radius 3 is 2.35 bits per heavy atom. The van der Waals surface area contributed by atoms with E-state index < -0.39 is 0 Å². The number of halogens is 1. The van der Waals surface area contributed by atoms with E-state index in [4.69, 9.17) is 17.3 Å². The van der Waals surface area contributed by atoms with Gasteiger partial charge < -0.3 is 5.73 Å². The van der Waals surface area contributed by atoms with E-state index in [1.807, 2.05) is 12.1 Å². The van der Waals surface area contributed by atoms with Crippen LogP contribution in [0.3, 0.4) is 0 Å². The van der Waals surface area contributed by atoms with Crippen molar-refractivity contribution in [3.8, 4) is 0 Å². The molecule has 112 valence electrons. The number of hydrogen-bond acceptors (Lipinski definition) is 2. The van der Waals surface area contributed by atoms with Crippen molar-refractivity contribution in [2.24, 2.45) is 11.7 Å². The van der Waals surface area contributed by atoms with Crippen molar-refractivity contribution in [2.75, 3.05) is 19.6 Å². The minimum Gasteiger partial charge on any atom is -0.329 e. The van der Waals surface area contributed by atoms with E-state index in [-0.39, 0.29) is 5.54 Å². The maximum Gasteiger partial charge on any atom is 0.0406 e. The summed E-state index contributed by atoms with van der Waals surface area (Å²) >= 11 is 5.96. The largest absolute Gasteiger partial charge is 0.329 e. The lowest BCUT2D eigenvalue weighted by atomic mass is 9.86. The molecule has 1 aliphatic heterocycles. The summed E-state index contributed by atoms with van der Waals surface area (Å²) in [6.07, 6.45) is 4.93. The SMILES string of the molecule is CCC1CCN(C(C)(CN)Cc2ccc(Cl)cc2)CC1. The van der Waals surface area contributed by atoms with Crippen molar-refractivity contribution in [2.45, 2.75) is 45.1 Å². The number of benzene rings is 1. The van der Waals surface area contributed by atoms with Crippen LogP contribution in [0.1, 0.15) is 38.7 Å². The molecule has 1 saturated heterocycles. The first-order valence-corrected chi connectivity index (χ1v) is 8.15. The van der Waals surface area contributed by atoms with Gasteiger partial charge in [-0.1, -0.05) is 37.1 Å². The zero-order valence-corrected chi connectivity index (χ0v) is 13.5. The third-order valence-corrected chi connectivity index (χ3v) is 5.15. The lowest BCUT2D eigenvalue weighted by molar-refractivity contribution is 0.0667. The van der Waals surface area contributed by atoms with Crippen molar-refractivity contribution in [3.05, 3.63) is 34.9 Å². The summed E-state index contributed by atoms with van der Waals surface area (Å²) in [7, 11) is 0. The summed E-state index contributed by atoms with van der Waals surface area (Å²) in [6, 6.07) is 8.18. The van der Waals surface area contributed by atoms with Gasteiger partial charge in [-0.15, -0.1) is 0 Å². The molecule has 1 unspecified atom stereocenters. The molecule has 0 spiro atoms. The average Bonchev–Trinajstić information content (AvgIpc) is 2.49. The van der Waals surface area contributed by atoms with Crippen LogP contribution < -0.4 is 5.73 Å². The molecule has 1 heterocycles. The van der Waals surface area contributed by atoms with E-state index in [0.29, 0.717) is 6.54 Å². The summed E-state index contributed by atoms with van der Waals surface area (Å²) in [5.74, 6) is 0.906. The number of hydrogen-bond donors (Lipinski definition) is 1. The molecule has 2 nitrogen and oxygen atoms in total. The normalized spacial score (nSPS) is 20.8. The minimum absolute atomic E-state index is 0.0620. The van der Waals surface area contributed by atoms with Crippen LogP contribution in [0.2, 0.25) is 5.02 Å². The summed E-state index contributed by atoms with van der Waals surface area (Å²) in [6.45, 7) is 7.66. The van der Waals surface area contributed by atoms with Gasteiger partial charge in [0.2, 0.25) is 0 Å². The highest BCUT2D eigenvalue weighted by Crippen LogP contribution is 2.28. The van der Waals surface area contributed by atoms with Gasteiger partial charge in [-0.05, 0) is 62.9 Å². The second kappa shape index (κ2) is 6.93. The third kappa shape index (κ3) is 3.75. The van der Waals surface area contributed by atoms with Crippen LogP contribution in [0.25, 0.3) is 0 Å². The molecule has 3 heteroatoms. The van der Waals surface area contributed by atoms with E-state index in [0.717, 1.165) is 17.4 Å². The molecule has 0 radical (unpaired) electrons. The summed E-state index contributed by atoms with van der Waals surface area (Å²) < 4.78 is 0. The molecule has 0 bridgehead atoms. The zero-order chi connectivity index (χ0) is 14.6. The smallest absolute Gasteiger partial charge is 0.0406 e. The van der Waals surface area contributed by atoms with Gasteiger partial charge >= 0.3 is 0 Å². The predicted molar refractivity (Wildman–Crippen MR) is 87.2 cm³/mol. The van der Waals surface area contributed by atoms with Crippen LogP contribution in [0.5, 0.6) is 0 Å². The Morgan fingerprint density at radius 1 is 1.25 bits per heavy atom. The number of nitrogens with two attached hydrogens (primary N) is 1. The van der Waals surface area contributed by atoms with E-state index >= 15 is 0 Å². The minimum atomic E-state index is 0.0620. The molecular weight excluding hydrogens is 268 g/mol. The van der Waals surface area contributed by atoms with Gasteiger partial charge in [-0.25, -0.2) is 0 Å². The van der Waals surface area contributed by atoms with Gasteiger partial charge in [0.25, 0.3) is 0 Å². The van der Waals surface area contributed by atoms with Crippen LogP contribution in [0.4, 0.5) is 0 Å². The first kappa shape index (κ1) is 15.8. The Hall–Kier alpha value is -0.570. The molecule has 0 aliphatic carbocycles. The first-order valence-electron chi connectivity index (χ1n) is 7.77. The molecule has 1 fully saturated rings. The van der Waals surface area contributed by atoms with Crippen molar-refractivity contribution in [1.29, 1.82) is 0 Å². The molecule has 0 aromatic heterocycles. The maximum absolute atomic E-state index is 6.12. The highest BCUT2D eigenvalue weighted by molar-refractivity contribution is 6.30. The van der Waals surface area contributed by atoms with Crippen LogP contribution >= 0.6 is 11.6 Å². The molecule has 1 aromatic carbocycles. The molecule has 20 heavy (non-hydrogen) atoms. The Morgan fingerprint density at radius 2 is 1.85 bits per heavy atom. The summed E-state index contributed by atoms with van der Waals surface area (Å²) in [5.41, 5.74) is 7.50. The number of nitrogens with zero attached hydrogens (tertiary/aromatic N) is 1. The van der Waals surface area contributed by atoms with Gasteiger partial charge in [-0.3, -0.25) is 4.90 Å². The van der Waals surface area contributed by atoms with Crippen LogP contribution in [-0.2, 0) is 6.42 Å². The van der Waals surface area contributed by atoms with Crippen LogP contribution in [-0.4, -0.2) is 30.1 Å².